The Hall–Kier alpha value is -4.46. The first-order valence-electron chi connectivity index (χ1n) is 11.4. The fourth-order valence-corrected chi connectivity index (χ4v) is 4.76. The number of nitrogens with zero attached hydrogens (tertiary/aromatic N) is 2. The van der Waals surface area contributed by atoms with Gasteiger partial charge in [-0.2, -0.15) is 0 Å². The summed E-state index contributed by atoms with van der Waals surface area (Å²) in [5.74, 6) is -1.11. The van der Waals surface area contributed by atoms with Crippen LogP contribution in [-0.4, -0.2) is 40.7 Å². The van der Waals surface area contributed by atoms with Crippen molar-refractivity contribution in [2.45, 2.75) is 25.4 Å². The summed E-state index contributed by atoms with van der Waals surface area (Å²) in [4.78, 5) is 54.9. The molecule has 4 amide bonds. The Morgan fingerprint density at radius 3 is 2.23 bits per heavy atom. The quantitative estimate of drug-likeness (QED) is 0.594. The smallest absolute Gasteiger partial charge is 0.258 e. The molecule has 2 aliphatic rings. The first kappa shape index (κ1) is 22.3. The molecule has 1 unspecified atom stereocenters. The number of amides is 4. The van der Waals surface area contributed by atoms with Crippen molar-refractivity contribution >= 4 is 40.7 Å². The van der Waals surface area contributed by atoms with Crippen molar-refractivity contribution in [3.05, 3.63) is 90.0 Å². The molecule has 0 radical (unpaired) electrons. The molecule has 2 N–H and O–H groups in total. The van der Waals surface area contributed by atoms with Crippen LogP contribution in [0.15, 0.2) is 78.9 Å². The minimum atomic E-state index is -0.930. The summed E-state index contributed by atoms with van der Waals surface area (Å²) in [6, 6.07) is 22.6. The van der Waals surface area contributed by atoms with Gasteiger partial charge in [0.1, 0.15) is 12.2 Å². The van der Waals surface area contributed by atoms with Crippen LogP contribution in [-0.2, 0) is 9.59 Å². The Morgan fingerprint density at radius 2 is 1.49 bits per heavy atom. The number of hydrogen-bond acceptors (Lipinski definition) is 4. The average Bonchev–Trinajstić information content (AvgIpc) is 3.18. The van der Waals surface area contributed by atoms with E-state index in [0.717, 1.165) is 0 Å². The minimum Gasteiger partial charge on any atom is -0.323 e. The lowest BCUT2D eigenvalue weighted by molar-refractivity contribution is -0.120. The van der Waals surface area contributed by atoms with E-state index in [1.807, 2.05) is 13.0 Å². The average molecular weight is 469 g/mol. The topological polar surface area (TPSA) is 98.8 Å². The van der Waals surface area contributed by atoms with E-state index in [4.69, 9.17) is 0 Å². The van der Waals surface area contributed by atoms with E-state index >= 15 is 0 Å². The fraction of sp³-hybridized carbons (Fsp3) is 0.185. The molecule has 8 heteroatoms. The third kappa shape index (κ3) is 3.93. The van der Waals surface area contributed by atoms with Crippen LogP contribution in [0, 0.1) is 0 Å². The highest BCUT2D eigenvalue weighted by molar-refractivity contribution is 6.12. The van der Waals surface area contributed by atoms with Gasteiger partial charge in [-0.1, -0.05) is 42.5 Å². The zero-order valence-corrected chi connectivity index (χ0v) is 19.2. The molecular formula is C27H24N4O4. The van der Waals surface area contributed by atoms with Crippen LogP contribution in [0.5, 0.6) is 0 Å². The van der Waals surface area contributed by atoms with Gasteiger partial charge in [-0.15, -0.1) is 0 Å². The molecule has 35 heavy (non-hydrogen) atoms. The standard InChI is InChI=1S/C27H24N4O4/c1-27-16-15-24(33)31(27)22-14-8-5-11-19(22)26(35)30(27)17-23(32)28-20-12-6-7-13-21(20)29-25(34)18-9-3-2-4-10-18/h2-14H,15-17H2,1H3,(H,28,32)(H,29,34). The summed E-state index contributed by atoms with van der Waals surface area (Å²) in [5, 5.41) is 5.64. The van der Waals surface area contributed by atoms with Crippen molar-refractivity contribution < 1.29 is 19.2 Å². The molecule has 2 heterocycles. The predicted octanol–water partition coefficient (Wildman–Crippen LogP) is 3.88. The molecule has 176 valence electrons. The van der Waals surface area contributed by atoms with Crippen LogP contribution in [0.4, 0.5) is 17.1 Å². The van der Waals surface area contributed by atoms with E-state index in [-0.39, 0.29) is 24.3 Å². The normalized spacial score (nSPS) is 18.7. The van der Waals surface area contributed by atoms with Gasteiger partial charge < -0.3 is 15.5 Å². The highest BCUT2D eigenvalue weighted by Crippen LogP contribution is 2.43. The van der Waals surface area contributed by atoms with Gasteiger partial charge in [-0.25, -0.2) is 0 Å². The van der Waals surface area contributed by atoms with Gasteiger partial charge in [-0.3, -0.25) is 24.1 Å². The number of rotatable bonds is 5. The number of benzene rings is 3. The second kappa shape index (κ2) is 8.72. The van der Waals surface area contributed by atoms with Crippen molar-refractivity contribution in [1.82, 2.24) is 4.90 Å². The number of para-hydroxylation sites is 3. The summed E-state index contributed by atoms with van der Waals surface area (Å²) in [6.07, 6.45) is 0.730. The molecule has 1 saturated heterocycles. The van der Waals surface area contributed by atoms with Crippen molar-refractivity contribution in [2.75, 3.05) is 22.1 Å². The fourth-order valence-electron chi connectivity index (χ4n) is 4.76. The van der Waals surface area contributed by atoms with Gasteiger partial charge in [0, 0.05) is 12.0 Å². The molecule has 1 atom stereocenters. The largest absolute Gasteiger partial charge is 0.323 e. The summed E-state index contributed by atoms with van der Waals surface area (Å²) in [6.45, 7) is 1.57. The number of carbonyl (C=O) groups is 4. The maximum atomic E-state index is 13.4. The van der Waals surface area contributed by atoms with Crippen LogP contribution in [0.2, 0.25) is 0 Å². The van der Waals surface area contributed by atoms with E-state index in [2.05, 4.69) is 10.6 Å². The zero-order chi connectivity index (χ0) is 24.6. The third-order valence-electron chi connectivity index (χ3n) is 6.53. The second-order valence-electron chi connectivity index (χ2n) is 8.77. The molecule has 1 fully saturated rings. The molecule has 2 aliphatic heterocycles. The van der Waals surface area contributed by atoms with E-state index < -0.39 is 11.6 Å². The van der Waals surface area contributed by atoms with Gasteiger partial charge in [0.05, 0.1) is 22.6 Å². The minimum absolute atomic E-state index is 0.0770. The van der Waals surface area contributed by atoms with E-state index in [1.54, 1.807) is 77.7 Å². The number of anilines is 3. The Balaban J connectivity index is 1.37. The maximum Gasteiger partial charge on any atom is 0.258 e. The van der Waals surface area contributed by atoms with E-state index in [0.29, 0.717) is 41.0 Å². The first-order chi connectivity index (χ1) is 16.9. The molecule has 0 spiro atoms. The Morgan fingerprint density at radius 1 is 0.857 bits per heavy atom. The Bertz CT molecular complexity index is 1340. The number of fused-ring (bicyclic) bond motifs is 3. The van der Waals surface area contributed by atoms with Crippen molar-refractivity contribution in [3.8, 4) is 0 Å². The molecule has 3 aromatic carbocycles. The number of carbonyl (C=O) groups excluding carboxylic acids is 4. The van der Waals surface area contributed by atoms with Gasteiger partial charge in [0.25, 0.3) is 11.8 Å². The molecule has 0 aromatic heterocycles. The van der Waals surface area contributed by atoms with Crippen LogP contribution in [0.1, 0.15) is 40.5 Å². The van der Waals surface area contributed by atoms with Crippen LogP contribution in [0.25, 0.3) is 0 Å². The molecule has 0 aliphatic carbocycles. The van der Waals surface area contributed by atoms with E-state index in [9.17, 15) is 19.2 Å². The van der Waals surface area contributed by atoms with Crippen LogP contribution < -0.4 is 15.5 Å². The predicted molar refractivity (Wildman–Crippen MR) is 132 cm³/mol. The van der Waals surface area contributed by atoms with Crippen LogP contribution >= 0.6 is 0 Å². The molecule has 0 saturated carbocycles. The monoisotopic (exact) mass is 468 g/mol. The Kier molecular flexibility index (Phi) is 5.56. The molecular weight excluding hydrogens is 444 g/mol. The van der Waals surface area contributed by atoms with Gasteiger partial charge in [-0.05, 0) is 49.7 Å². The summed E-state index contributed by atoms with van der Waals surface area (Å²) in [7, 11) is 0. The number of nitrogens with one attached hydrogen (secondary N) is 2. The maximum absolute atomic E-state index is 13.4. The Labute approximate surface area is 202 Å². The SMILES string of the molecule is CC12CCC(=O)N1c1ccccc1C(=O)N2CC(=O)Nc1ccccc1NC(=O)c1ccccc1. The van der Waals surface area contributed by atoms with Crippen LogP contribution in [0.3, 0.4) is 0 Å². The second-order valence-corrected chi connectivity index (χ2v) is 8.77. The highest BCUT2D eigenvalue weighted by Gasteiger charge is 2.53. The lowest BCUT2D eigenvalue weighted by Gasteiger charge is -2.48. The lowest BCUT2D eigenvalue weighted by Crippen LogP contribution is -2.63. The third-order valence-corrected chi connectivity index (χ3v) is 6.53. The lowest BCUT2D eigenvalue weighted by atomic mass is 9.98. The molecule has 0 bridgehead atoms. The number of hydrogen-bond donors (Lipinski definition) is 2. The first-order valence-corrected chi connectivity index (χ1v) is 11.4. The summed E-state index contributed by atoms with van der Waals surface area (Å²) >= 11 is 0. The van der Waals surface area contributed by atoms with Gasteiger partial charge in [0.2, 0.25) is 11.8 Å². The molecule has 5 rings (SSSR count). The summed E-state index contributed by atoms with van der Waals surface area (Å²) < 4.78 is 0. The molecule has 8 nitrogen and oxygen atoms in total. The van der Waals surface area contributed by atoms with Crippen molar-refractivity contribution in [1.29, 1.82) is 0 Å². The highest BCUT2D eigenvalue weighted by atomic mass is 16.2. The van der Waals surface area contributed by atoms with Gasteiger partial charge >= 0.3 is 0 Å². The zero-order valence-electron chi connectivity index (χ0n) is 19.2. The molecule has 3 aromatic rings. The van der Waals surface area contributed by atoms with Gasteiger partial charge in [0.15, 0.2) is 0 Å². The van der Waals surface area contributed by atoms with Crippen molar-refractivity contribution in [2.24, 2.45) is 0 Å². The van der Waals surface area contributed by atoms with E-state index in [1.165, 1.54) is 4.90 Å². The van der Waals surface area contributed by atoms with Crippen molar-refractivity contribution in [3.63, 3.8) is 0 Å². The summed E-state index contributed by atoms with van der Waals surface area (Å²) in [5.41, 5.74) is 1.38.